The molecule has 0 fully saturated rings. The molecule has 0 saturated carbocycles. The predicted molar refractivity (Wildman–Crippen MR) is 144 cm³/mol. The molecule has 39 heavy (non-hydrogen) atoms. The molecule has 1 unspecified atom stereocenters. The van der Waals surface area contributed by atoms with Crippen LogP contribution in [0.25, 0.3) is 0 Å². The van der Waals surface area contributed by atoms with Crippen LogP contribution in [0.4, 0.5) is 16.2 Å². The zero-order valence-corrected chi connectivity index (χ0v) is 22.5. The molecule has 2 aromatic carbocycles. The number of alkyl carbamates (subject to hydrolysis) is 1. The van der Waals surface area contributed by atoms with Crippen molar-refractivity contribution in [2.45, 2.75) is 65.0 Å². The van der Waals surface area contributed by atoms with Crippen molar-refractivity contribution >= 4 is 41.2 Å². The minimum atomic E-state index is -1.76. The lowest BCUT2D eigenvalue weighted by Crippen LogP contribution is -2.49. The first-order valence-corrected chi connectivity index (χ1v) is 12.6. The Morgan fingerprint density at radius 3 is 2.15 bits per heavy atom. The van der Waals surface area contributed by atoms with Gasteiger partial charge in [0.1, 0.15) is 11.6 Å². The monoisotopic (exact) mass is 541 g/mol. The van der Waals surface area contributed by atoms with Crippen molar-refractivity contribution in [2.24, 2.45) is 0 Å². The van der Waals surface area contributed by atoms with Crippen molar-refractivity contribution in [1.82, 2.24) is 10.6 Å². The highest BCUT2D eigenvalue weighted by molar-refractivity contribution is 6.39. The number of carbonyl (C=O) groups excluding carboxylic acids is 3. The highest BCUT2D eigenvalue weighted by Crippen LogP contribution is 2.29. The Hall–Kier alpha value is -4.41. The molecule has 0 aromatic heterocycles. The normalized spacial score (nSPS) is 11.7. The Kier molecular flexibility index (Phi) is 11.0. The minimum Gasteiger partial charge on any atom is -0.478 e. The molecule has 0 aliphatic rings. The molecule has 2 aromatic rings. The first-order valence-electron chi connectivity index (χ1n) is 12.6. The summed E-state index contributed by atoms with van der Waals surface area (Å²) in [7, 11) is 0. The maximum absolute atomic E-state index is 12.9. The van der Waals surface area contributed by atoms with E-state index in [1.807, 2.05) is 6.92 Å². The lowest BCUT2D eigenvalue weighted by atomic mass is 10.0. The third-order valence-corrected chi connectivity index (χ3v) is 5.48. The molecule has 4 N–H and O–H groups in total. The molecule has 0 aliphatic carbocycles. The van der Waals surface area contributed by atoms with Crippen LogP contribution in [0.2, 0.25) is 0 Å². The summed E-state index contributed by atoms with van der Waals surface area (Å²) in [4.78, 5) is 61.9. The Morgan fingerprint density at radius 1 is 0.949 bits per heavy atom. The zero-order valence-electron chi connectivity index (χ0n) is 22.5. The zero-order chi connectivity index (χ0) is 29.2. The number of carbonyl (C=O) groups is 5. The maximum Gasteiger partial charge on any atom is 0.408 e. The Bertz CT molecular complexity index is 1190. The minimum absolute atomic E-state index is 0.0811. The summed E-state index contributed by atoms with van der Waals surface area (Å²) in [5, 5.41) is 24.3. The van der Waals surface area contributed by atoms with E-state index in [-0.39, 0.29) is 29.3 Å². The molecular weight excluding hydrogens is 506 g/mol. The van der Waals surface area contributed by atoms with Crippen molar-refractivity contribution < 1.29 is 38.9 Å². The number of aliphatic carboxylic acids is 1. The number of unbranched alkanes of at least 4 members (excludes halogenated alkanes) is 2. The van der Waals surface area contributed by atoms with E-state index in [2.05, 4.69) is 10.6 Å². The molecule has 1 atom stereocenters. The Balaban J connectivity index is 2.34. The molecule has 0 bridgehead atoms. The Morgan fingerprint density at radius 2 is 1.59 bits per heavy atom. The number of para-hydroxylation sites is 1. The van der Waals surface area contributed by atoms with Crippen molar-refractivity contribution in [3.63, 3.8) is 0 Å². The van der Waals surface area contributed by atoms with Crippen molar-refractivity contribution in [3.05, 3.63) is 59.7 Å². The molecule has 11 nitrogen and oxygen atoms in total. The molecular formula is C28H35N3O8. The van der Waals surface area contributed by atoms with E-state index in [0.717, 1.165) is 24.2 Å². The van der Waals surface area contributed by atoms with Crippen LogP contribution in [0, 0.1) is 0 Å². The van der Waals surface area contributed by atoms with Gasteiger partial charge in [-0.25, -0.2) is 14.4 Å². The van der Waals surface area contributed by atoms with Crippen LogP contribution in [0.15, 0.2) is 48.5 Å². The fourth-order valence-electron chi connectivity index (χ4n) is 3.70. The number of benzene rings is 2. The second-order valence-corrected chi connectivity index (χ2v) is 9.84. The highest BCUT2D eigenvalue weighted by atomic mass is 16.6. The summed E-state index contributed by atoms with van der Waals surface area (Å²) in [6, 6.07) is 10.6. The number of aromatic carboxylic acids is 1. The van der Waals surface area contributed by atoms with Gasteiger partial charge >= 0.3 is 23.9 Å². The fraction of sp³-hybridized carbons (Fsp3) is 0.393. The van der Waals surface area contributed by atoms with Crippen LogP contribution < -0.4 is 15.5 Å². The van der Waals surface area contributed by atoms with Crippen molar-refractivity contribution in [2.75, 3.05) is 11.4 Å². The van der Waals surface area contributed by atoms with E-state index in [9.17, 15) is 34.2 Å². The number of carboxylic acids is 2. The summed E-state index contributed by atoms with van der Waals surface area (Å²) < 4.78 is 5.30. The van der Waals surface area contributed by atoms with E-state index in [0.29, 0.717) is 12.1 Å². The molecule has 2 rings (SSSR count). The Labute approximate surface area is 227 Å². The van der Waals surface area contributed by atoms with E-state index in [1.54, 1.807) is 32.9 Å². The summed E-state index contributed by atoms with van der Waals surface area (Å²) in [5.41, 5.74) is -0.419. The average molecular weight is 542 g/mol. The van der Waals surface area contributed by atoms with Gasteiger partial charge in [-0.1, -0.05) is 44.0 Å². The van der Waals surface area contributed by atoms with E-state index in [4.69, 9.17) is 4.74 Å². The number of hydrogen-bond acceptors (Lipinski definition) is 6. The van der Waals surface area contributed by atoms with Gasteiger partial charge in [-0.2, -0.15) is 0 Å². The van der Waals surface area contributed by atoms with Crippen molar-refractivity contribution in [1.29, 1.82) is 0 Å². The number of amides is 3. The fourth-order valence-corrected chi connectivity index (χ4v) is 3.70. The predicted octanol–water partition coefficient (Wildman–Crippen LogP) is 3.88. The van der Waals surface area contributed by atoms with Gasteiger partial charge in [-0.15, -0.1) is 0 Å². The number of hydrogen-bond donors (Lipinski definition) is 4. The van der Waals surface area contributed by atoms with Crippen LogP contribution in [0.5, 0.6) is 0 Å². The second kappa shape index (κ2) is 13.9. The van der Waals surface area contributed by atoms with E-state index >= 15 is 0 Å². The van der Waals surface area contributed by atoms with Crippen LogP contribution >= 0.6 is 0 Å². The SMILES string of the molecule is CCCCCNC(=O)C(Cc1ccc(N(C(=O)C(=O)O)c2ccccc2C(=O)O)cc1)NC(=O)OC(C)(C)C. The largest absolute Gasteiger partial charge is 0.478 e. The third-order valence-electron chi connectivity index (χ3n) is 5.48. The maximum atomic E-state index is 12.9. The number of anilines is 2. The number of nitrogens with zero attached hydrogens (tertiary/aromatic N) is 1. The number of carboxylic acid groups (broad SMARTS) is 2. The lowest BCUT2D eigenvalue weighted by molar-refractivity contribution is -0.148. The smallest absolute Gasteiger partial charge is 0.408 e. The molecule has 210 valence electrons. The van der Waals surface area contributed by atoms with Gasteiger partial charge in [0.05, 0.1) is 11.3 Å². The molecule has 0 saturated heterocycles. The molecule has 3 amide bonds. The van der Waals surface area contributed by atoms with Gasteiger partial charge in [0.2, 0.25) is 5.91 Å². The van der Waals surface area contributed by atoms with Gasteiger partial charge < -0.3 is 25.6 Å². The van der Waals surface area contributed by atoms with Crippen LogP contribution in [0.1, 0.15) is 62.9 Å². The van der Waals surface area contributed by atoms with Gasteiger partial charge in [-0.05, 0) is 57.0 Å². The van der Waals surface area contributed by atoms with Gasteiger partial charge in [0.25, 0.3) is 0 Å². The lowest BCUT2D eigenvalue weighted by Gasteiger charge is -2.24. The number of rotatable bonds is 11. The first kappa shape index (κ1) is 30.8. The van der Waals surface area contributed by atoms with Gasteiger partial charge in [-0.3, -0.25) is 14.5 Å². The second-order valence-electron chi connectivity index (χ2n) is 9.84. The number of ether oxygens (including phenoxy) is 1. The summed E-state index contributed by atoms with van der Waals surface area (Å²) in [5.74, 6) is -4.82. The average Bonchev–Trinajstić information content (AvgIpc) is 2.86. The third kappa shape index (κ3) is 9.44. The number of nitrogens with one attached hydrogen (secondary N) is 2. The van der Waals surface area contributed by atoms with Gasteiger partial charge in [0.15, 0.2) is 0 Å². The summed E-state index contributed by atoms with van der Waals surface area (Å²) >= 11 is 0. The standard InChI is InChI=1S/C28H35N3O8/c1-5-6-9-16-29-23(32)21(30-27(38)39-28(2,3)4)17-18-12-14-19(15-13-18)31(24(33)26(36)37)22-11-8-7-10-20(22)25(34)35/h7-8,10-15,21H,5-6,9,16-17H2,1-4H3,(H,29,32)(H,30,38)(H,34,35)(H,36,37). The van der Waals surface area contributed by atoms with Crippen LogP contribution in [-0.2, 0) is 25.5 Å². The molecule has 0 heterocycles. The van der Waals surface area contributed by atoms with Crippen LogP contribution in [0.3, 0.4) is 0 Å². The van der Waals surface area contributed by atoms with Crippen molar-refractivity contribution in [3.8, 4) is 0 Å². The molecule has 11 heteroatoms. The molecule has 0 radical (unpaired) electrons. The highest BCUT2D eigenvalue weighted by Gasteiger charge is 2.29. The van der Waals surface area contributed by atoms with Gasteiger partial charge in [0, 0.05) is 18.7 Å². The van der Waals surface area contributed by atoms with E-state index in [1.165, 1.54) is 36.4 Å². The molecule has 0 spiro atoms. The molecule has 0 aliphatic heterocycles. The topological polar surface area (TPSA) is 162 Å². The van der Waals surface area contributed by atoms with Crippen LogP contribution in [-0.4, -0.2) is 58.2 Å². The quantitative estimate of drug-likeness (QED) is 0.246. The van der Waals surface area contributed by atoms with E-state index < -0.39 is 35.6 Å². The first-order chi connectivity index (χ1) is 18.3. The summed E-state index contributed by atoms with van der Waals surface area (Å²) in [6.45, 7) is 7.62. The summed E-state index contributed by atoms with van der Waals surface area (Å²) in [6.07, 6.45) is 2.05.